The number of aromatic nitrogens is 2. The van der Waals surface area contributed by atoms with Crippen molar-refractivity contribution >= 4 is 11.5 Å². The smallest absolute Gasteiger partial charge is 0.269 e. The molecule has 0 atom stereocenters. The lowest BCUT2D eigenvalue weighted by atomic mass is 10.1. The van der Waals surface area contributed by atoms with E-state index in [1.165, 1.54) is 30.3 Å². The van der Waals surface area contributed by atoms with E-state index >= 15 is 0 Å². The van der Waals surface area contributed by atoms with Crippen LogP contribution >= 0.6 is 0 Å². The normalized spacial score (nSPS) is 10.1. The van der Waals surface area contributed by atoms with Crippen LogP contribution in [-0.4, -0.2) is 20.5 Å². The van der Waals surface area contributed by atoms with Crippen molar-refractivity contribution in [2.45, 2.75) is 0 Å². The SMILES string of the molecule is N#Cc1cc(C(=O)c2ccccc2)nn(-c2ccc([N+](=O)[O-])cc2)c1=N. The van der Waals surface area contributed by atoms with E-state index in [-0.39, 0.29) is 22.4 Å². The molecule has 26 heavy (non-hydrogen) atoms. The van der Waals surface area contributed by atoms with Gasteiger partial charge in [0.15, 0.2) is 5.49 Å². The van der Waals surface area contributed by atoms with Gasteiger partial charge in [-0.05, 0) is 18.2 Å². The van der Waals surface area contributed by atoms with Crippen molar-refractivity contribution in [2.24, 2.45) is 0 Å². The van der Waals surface area contributed by atoms with Crippen molar-refractivity contribution in [3.05, 3.63) is 93.1 Å². The van der Waals surface area contributed by atoms with E-state index in [2.05, 4.69) is 5.10 Å². The summed E-state index contributed by atoms with van der Waals surface area (Å²) in [5.74, 6) is -0.391. The highest BCUT2D eigenvalue weighted by Crippen LogP contribution is 2.14. The second-order valence-electron chi connectivity index (χ2n) is 5.28. The van der Waals surface area contributed by atoms with Crippen LogP contribution in [0, 0.1) is 26.9 Å². The van der Waals surface area contributed by atoms with E-state index in [9.17, 15) is 20.2 Å². The van der Waals surface area contributed by atoms with Gasteiger partial charge in [0.2, 0.25) is 5.78 Å². The third-order valence-corrected chi connectivity index (χ3v) is 3.65. The molecule has 1 N–H and O–H groups in total. The highest BCUT2D eigenvalue weighted by Gasteiger charge is 2.15. The van der Waals surface area contributed by atoms with E-state index < -0.39 is 10.7 Å². The molecule has 0 unspecified atom stereocenters. The molecule has 8 heteroatoms. The Morgan fingerprint density at radius 2 is 1.81 bits per heavy atom. The van der Waals surface area contributed by atoms with Crippen molar-refractivity contribution in [3.8, 4) is 11.8 Å². The Kier molecular flexibility index (Phi) is 4.36. The molecule has 0 radical (unpaired) electrons. The van der Waals surface area contributed by atoms with Crippen LogP contribution in [0.3, 0.4) is 0 Å². The first-order valence-electron chi connectivity index (χ1n) is 7.45. The molecule has 2 aromatic carbocycles. The number of nitro benzene ring substituents is 1. The first-order chi connectivity index (χ1) is 12.5. The van der Waals surface area contributed by atoms with Crippen molar-refractivity contribution in [1.29, 1.82) is 10.7 Å². The van der Waals surface area contributed by atoms with E-state index in [0.29, 0.717) is 11.3 Å². The molecule has 1 heterocycles. The van der Waals surface area contributed by atoms with Gasteiger partial charge in [0.1, 0.15) is 11.8 Å². The number of nitrogens with zero attached hydrogens (tertiary/aromatic N) is 4. The average Bonchev–Trinajstić information content (AvgIpc) is 2.68. The third-order valence-electron chi connectivity index (χ3n) is 3.65. The van der Waals surface area contributed by atoms with Gasteiger partial charge in [-0.25, -0.2) is 4.68 Å². The summed E-state index contributed by atoms with van der Waals surface area (Å²) in [6, 6.07) is 16.9. The molecule has 126 valence electrons. The zero-order valence-corrected chi connectivity index (χ0v) is 13.3. The average molecular weight is 345 g/mol. The van der Waals surface area contributed by atoms with Gasteiger partial charge < -0.3 is 0 Å². The fourth-order valence-electron chi connectivity index (χ4n) is 2.34. The molecule has 3 rings (SSSR count). The minimum absolute atomic E-state index is 0.00195. The van der Waals surface area contributed by atoms with Crippen molar-refractivity contribution < 1.29 is 9.72 Å². The summed E-state index contributed by atoms with van der Waals surface area (Å²) >= 11 is 0. The number of nitrogens with one attached hydrogen (secondary N) is 1. The topological polar surface area (TPSA) is 126 Å². The van der Waals surface area contributed by atoms with Crippen LogP contribution in [0.5, 0.6) is 0 Å². The Morgan fingerprint density at radius 1 is 1.15 bits per heavy atom. The number of nitro groups is 1. The lowest BCUT2D eigenvalue weighted by Crippen LogP contribution is -2.26. The Balaban J connectivity index is 2.14. The summed E-state index contributed by atoms with van der Waals surface area (Å²) in [7, 11) is 0. The van der Waals surface area contributed by atoms with Crippen LogP contribution in [0.2, 0.25) is 0 Å². The zero-order chi connectivity index (χ0) is 18.7. The molecule has 0 aliphatic heterocycles. The molecular formula is C18H11N5O3. The van der Waals surface area contributed by atoms with Crippen LogP contribution in [0.1, 0.15) is 21.6 Å². The molecule has 0 saturated heterocycles. The second-order valence-corrected chi connectivity index (χ2v) is 5.28. The van der Waals surface area contributed by atoms with Gasteiger partial charge in [-0.15, -0.1) is 0 Å². The molecule has 0 fully saturated rings. The lowest BCUT2D eigenvalue weighted by molar-refractivity contribution is -0.384. The van der Waals surface area contributed by atoms with Gasteiger partial charge >= 0.3 is 0 Å². The van der Waals surface area contributed by atoms with Gasteiger partial charge in [0, 0.05) is 17.7 Å². The largest absolute Gasteiger partial charge is 0.287 e. The number of rotatable bonds is 4. The lowest BCUT2D eigenvalue weighted by Gasteiger charge is -2.09. The summed E-state index contributed by atoms with van der Waals surface area (Å²) in [6.45, 7) is 0. The second kappa shape index (κ2) is 6.78. The number of hydrogen-bond donors (Lipinski definition) is 1. The highest BCUT2D eigenvalue weighted by atomic mass is 16.6. The molecule has 0 bridgehead atoms. The summed E-state index contributed by atoms with van der Waals surface area (Å²) in [5, 5.41) is 32.3. The molecule has 0 spiro atoms. The summed E-state index contributed by atoms with van der Waals surface area (Å²) in [6.07, 6.45) is 0. The van der Waals surface area contributed by atoms with Crippen LogP contribution in [0.15, 0.2) is 60.7 Å². The molecule has 0 aliphatic rings. The van der Waals surface area contributed by atoms with Gasteiger partial charge in [-0.2, -0.15) is 10.4 Å². The molecular weight excluding hydrogens is 334 g/mol. The minimum atomic E-state index is -0.542. The summed E-state index contributed by atoms with van der Waals surface area (Å²) in [5.41, 5.74) is 0.375. The van der Waals surface area contributed by atoms with E-state index in [1.54, 1.807) is 30.3 Å². The number of nitriles is 1. The monoisotopic (exact) mass is 345 g/mol. The van der Waals surface area contributed by atoms with Crippen LogP contribution in [0.4, 0.5) is 5.69 Å². The first-order valence-corrected chi connectivity index (χ1v) is 7.45. The molecule has 0 amide bonds. The van der Waals surface area contributed by atoms with Gasteiger partial charge in [0.25, 0.3) is 5.69 Å². The van der Waals surface area contributed by atoms with Gasteiger partial charge in [0.05, 0.1) is 16.2 Å². The minimum Gasteiger partial charge on any atom is -0.287 e. The Morgan fingerprint density at radius 3 is 2.38 bits per heavy atom. The molecule has 0 aliphatic carbocycles. The number of non-ortho nitro benzene ring substituents is 1. The predicted octanol–water partition coefficient (Wildman–Crippen LogP) is 2.36. The van der Waals surface area contributed by atoms with Crippen molar-refractivity contribution in [3.63, 3.8) is 0 Å². The third kappa shape index (κ3) is 3.09. The number of ketones is 1. The molecule has 3 aromatic rings. The molecule has 8 nitrogen and oxygen atoms in total. The van der Waals surface area contributed by atoms with Gasteiger partial charge in [-0.1, -0.05) is 30.3 Å². The first kappa shape index (κ1) is 16.7. The van der Waals surface area contributed by atoms with Crippen LogP contribution < -0.4 is 5.49 Å². The maximum Gasteiger partial charge on any atom is 0.269 e. The standard InChI is InChI=1S/C18H11N5O3/c19-11-13-10-16(17(24)12-4-2-1-3-5-12)21-22(18(13)20)14-6-8-15(9-7-14)23(25)26/h1-10,20H. The fraction of sp³-hybridized carbons (Fsp3) is 0. The zero-order valence-electron chi connectivity index (χ0n) is 13.3. The van der Waals surface area contributed by atoms with Crippen molar-refractivity contribution in [2.75, 3.05) is 0 Å². The summed E-state index contributed by atoms with van der Waals surface area (Å²) < 4.78 is 1.11. The van der Waals surface area contributed by atoms with E-state index in [4.69, 9.17) is 5.41 Å². The Hall–Kier alpha value is -4.12. The number of carbonyl (C=O) groups excluding carboxylic acids is 1. The highest BCUT2D eigenvalue weighted by molar-refractivity contribution is 6.07. The quantitative estimate of drug-likeness (QED) is 0.441. The van der Waals surface area contributed by atoms with E-state index in [0.717, 1.165) is 4.68 Å². The predicted molar refractivity (Wildman–Crippen MR) is 90.7 cm³/mol. The van der Waals surface area contributed by atoms with Crippen LogP contribution in [0.25, 0.3) is 5.69 Å². The van der Waals surface area contributed by atoms with Gasteiger partial charge in [-0.3, -0.25) is 20.3 Å². The van der Waals surface area contributed by atoms with E-state index in [1.807, 2.05) is 6.07 Å². The number of benzene rings is 2. The summed E-state index contributed by atoms with van der Waals surface area (Å²) in [4.78, 5) is 22.8. The molecule has 0 saturated carbocycles. The Labute approximate surface area is 147 Å². The number of hydrogen-bond acceptors (Lipinski definition) is 6. The Bertz CT molecular complexity index is 1100. The maximum absolute atomic E-state index is 12.6. The fourth-order valence-corrected chi connectivity index (χ4v) is 2.34. The van der Waals surface area contributed by atoms with Crippen molar-refractivity contribution in [1.82, 2.24) is 9.78 Å². The number of carbonyl (C=O) groups is 1. The van der Waals surface area contributed by atoms with Crippen LogP contribution in [-0.2, 0) is 0 Å². The maximum atomic E-state index is 12.6. The molecule has 1 aromatic heterocycles.